The fourth-order valence-electron chi connectivity index (χ4n) is 3.96. The van der Waals surface area contributed by atoms with Crippen molar-refractivity contribution in [2.75, 3.05) is 0 Å². The van der Waals surface area contributed by atoms with Crippen LogP contribution in [0.3, 0.4) is 0 Å². The van der Waals surface area contributed by atoms with E-state index in [2.05, 4.69) is 4.98 Å². The van der Waals surface area contributed by atoms with Gasteiger partial charge in [0.2, 0.25) is 0 Å². The van der Waals surface area contributed by atoms with Crippen LogP contribution in [0.25, 0.3) is 0 Å². The van der Waals surface area contributed by atoms with Crippen LogP contribution in [0.5, 0.6) is 0 Å². The number of nitrogens with zero attached hydrogens (tertiary/aromatic N) is 1. The molecule has 2 saturated carbocycles. The molecule has 2 aliphatic carbocycles. The summed E-state index contributed by atoms with van der Waals surface area (Å²) in [6, 6.07) is 0. The Labute approximate surface area is 126 Å². The number of oxazole rings is 1. The Morgan fingerprint density at radius 1 is 1.24 bits per heavy atom. The summed E-state index contributed by atoms with van der Waals surface area (Å²) in [4.78, 5) is 16.4. The van der Waals surface area contributed by atoms with E-state index in [0.717, 1.165) is 24.7 Å². The zero-order valence-corrected chi connectivity index (χ0v) is 13.0. The van der Waals surface area contributed by atoms with Crippen LogP contribution in [0.2, 0.25) is 0 Å². The Morgan fingerprint density at radius 3 is 2.76 bits per heavy atom. The molecule has 0 radical (unpaired) electrons. The summed E-state index contributed by atoms with van der Waals surface area (Å²) in [5, 5.41) is 0. The average Bonchev–Trinajstić information content (AvgIpc) is 2.97. The van der Waals surface area contributed by atoms with E-state index in [0.29, 0.717) is 11.5 Å². The number of fused-ring (bicyclic) bond motifs is 1. The van der Waals surface area contributed by atoms with Crippen LogP contribution >= 0.6 is 0 Å². The van der Waals surface area contributed by atoms with Gasteiger partial charge in [0.25, 0.3) is 0 Å². The van der Waals surface area contributed by atoms with Gasteiger partial charge in [-0.05, 0) is 31.1 Å². The van der Waals surface area contributed by atoms with Gasteiger partial charge in [-0.25, -0.2) is 9.78 Å². The standard InChI is InChI=1S/C17H25NO3/c1-11(2)16-15(18-10-20-16)17(19)21-14-8-7-12-5-3-4-6-13(12)9-14/h10-14H,3-9H2,1-2H3. The van der Waals surface area contributed by atoms with Crippen LogP contribution in [0.4, 0.5) is 0 Å². The number of carbonyl (C=O) groups is 1. The molecule has 1 aromatic rings. The molecule has 0 aliphatic heterocycles. The molecule has 0 spiro atoms. The maximum Gasteiger partial charge on any atom is 0.360 e. The Balaban J connectivity index is 1.61. The van der Waals surface area contributed by atoms with Crippen molar-refractivity contribution >= 4 is 5.97 Å². The highest BCUT2D eigenvalue weighted by Crippen LogP contribution is 2.41. The molecule has 0 aromatic carbocycles. The lowest BCUT2D eigenvalue weighted by molar-refractivity contribution is -0.00163. The van der Waals surface area contributed by atoms with E-state index < -0.39 is 0 Å². The van der Waals surface area contributed by atoms with Crippen LogP contribution < -0.4 is 0 Å². The lowest BCUT2D eigenvalue weighted by Crippen LogP contribution is -2.33. The Morgan fingerprint density at radius 2 is 2.00 bits per heavy atom. The fraction of sp³-hybridized carbons (Fsp3) is 0.765. The van der Waals surface area contributed by atoms with Gasteiger partial charge >= 0.3 is 5.97 Å². The largest absolute Gasteiger partial charge is 0.458 e. The van der Waals surface area contributed by atoms with Crippen molar-refractivity contribution in [1.82, 2.24) is 4.98 Å². The zero-order chi connectivity index (χ0) is 14.8. The minimum atomic E-state index is -0.313. The second-order valence-electron chi connectivity index (χ2n) is 6.86. The van der Waals surface area contributed by atoms with Crippen LogP contribution in [-0.2, 0) is 4.74 Å². The van der Waals surface area contributed by atoms with E-state index in [4.69, 9.17) is 9.15 Å². The number of hydrogen-bond donors (Lipinski definition) is 0. The minimum absolute atomic E-state index is 0.0635. The molecule has 0 bridgehead atoms. The van der Waals surface area contributed by atoms with Crippen molar-refractivity contribution in [3.8, 4) is 0 Å². The summed E-state index contributed by atoms with van der Waals surface area (Å²) in [6.45, 7) is 3.98. The third-order valence-electron chi connectivity index (χ3n) is 5.08. The number of carbonyl (C=O) groups excluding carboxylic acids is 1. The number of aromatic nitrogens is 1. The van der Waals surface area contributed by atoms with E-state index in [-0.39, 0.29) is 18.0 Å². The van der Waals surface area contributed by atoms with Crippen molar-refractivity contribution in [1.29, 1.82) is 0 Å². The molecule has 2 aliphatic rings. The van der Waals surface area contributed by atoms with E-state index in [9.17, 15) is 4.79 Å². The Hall–Kier alpha value is -1.32. The highest BCUT2D eigenvalue weighted by Gasteiger charge is 2.34. The van der Waals surface area contributed by atoms with Crippen LogP contribution in [0, 0.1) is 11.8 Å². The van der Waals surface area contributed by atoms with Crippen molar-refractivity contribution in [2.24, 2.45) is 11.8 Å². The topological polar surface area (TPSA) is 52.3 Å². The summed E-state index contributed by atoms with van der Waals surface area (Å²) >= 11 is 0. The number of ether oxygens (including phenoxy) is 1. The number of rotatable bonds is 3. The highest BCUT2D eigenvalue weighted by atomic mass is 16.5. The molecular formula is C17H25NO3. The molecule has 0 amide bonds. The molecule has 2 fully saturated rings. The normalized spacial score (nSPS) is 29.2. The lowest BCUT2D eigenvalue weighted by atomic mass is 9.70. The van der Waals surface area contributed by atoms with Gasteiger partial charge in [-0.2, -0.15) is 0 Å². The molecule has 4 heteroatoms. The summed E-state index contributed by atoms with van der Waals surface area (Å²) in [5.41, 5.74) is 0.357. The van der Waals surface area contributed by atoms with Crippen molar-refractivity contribution in [3.05, 3.63) is 17.8 Å². The van der Waals surface area contributed by atoms with Gasteiger partial charge in [0.05, 0.1) is 0 Å². The van der Waals surface area contributed by atoms with E-state index >= 15 is 0 Å². The van der Waals surface area contributed by atoms with E-state index in [1.165, 1.54) is 38.5 Å². The Bertz CT molecular complexity index is 494. The molecule has 116 valence electrons. The predicted octanol–water partition coefficient (Wildman–Crippen LogP) is 4.31. The maximum atomic E-state index is 12.3. The van der Waals surface area contributed by atoms with Gasteiger partial charge < -0.3 is 9.15 Å². The quantitative estimate of drug-likeness (QED) is 0.778. The molecule has 1 aromatic heterocycles. The fourth-order valence-corrected chi connectivity index (χ4v) is 3.96. The predicted molar refractivity (Wildman–Crippen MR) is 79.1 cm³/mol. The average molecular weight is 291 g/mol. The smallest absolute Gasteiger partial charge is 0.360 e. The van der Waals surface area contributed by atoms with Gasteiger partial charge in [0, 0.05) is 5.92 Å². The molecule has 0 saturated heterocycles. The first-order valence-electron chi connectivity index (χ1n) is 8.29. The monoisotopic (exact) mass is 291 g/mol. The number of esters is 1. The van der Waals surface area contributed by atoms with Crippen LogP contribution in [0.1, 0.15) is 81.0 Å². The molecule has 0 N–H and O–H groups in total. The van der Waals surface area contributed by atoms with E-state index in [1.807, 2.05) is 13.8 Å². The summed E-state index contributed by atoms with van der Waals surface area (Å²) in [7, 11) is 0. The highest BCUT2D eigenvalue weighted by molar-refractivity contribution is 5.88. The molecule has 4 nitrogen and oxygen atoms in total. The van der Waals surface area contributed by atoms with Crippen LogP contribution in [0.15, 0.2) is 10.8 Å². The van der Waals surface area contributed by atoms with Crippen molar-refractivity contribution in [3.63, 3.8) is 0 Å². The van der Waals surface area contributed by atoms with Gasteiger partial charge in [0.15, 0.2) is 12.1 Å². The van der Waals surface area contributed by atoms with Gasteiger partial charge in [0.1, 0.15) is 11.9 Å². The van der Waals surface area contributed by atoms with Gasteiger partial charge in [-0.3, -0.25) is 0 Å². The summed E-state index contributed by atoms with van der Waals surface area (Å²) in [5.74, 6) is 2.08. The first kappa shape index (κ1) is 14.6. The minimum Gasteiger partial charge on any atom is -0.458 e. The van der Waals surface area contributed by atoms with Crippen molar-refractivity contribution < 1.29 is 13.9 Å². The molecular weight excluding hydrogens is 266 g/mol. The second kappa shape index (κ2) is 6.20. The van der Waals surface area contributed by atoms with Gasteiger partial charge in [-0.1, -0.05) is 39.5 Å². The molecule has 1 heterocycles. The summed E-state index contributed by atoms with van der Waals surface area (Å²) < 4.78 is 11.0. The second-order valence-corrected chi connectivity index (χ2v) is 6.86. The maximum absolute atomic E-state index is 12.3. The molecule has 3 rings (SSSR count). The number of hydrogen-bond acceptors (Lipinski definition) is 4. The van der Waals surface area contributed by atoms with Gasteiger partial charge in [-0.15, -0.1) is 0 Å². The zero-order valence-electron chi connectivity index (χ0n) is 13.0. The Kier molecular flexibility index (Phi) is 4.32. The van der Waals surface area contributed by atoms with Crippen molar-refractivity contribution in [2.45, 2.75) is 70.8 Å². The third kappa shape index (κ3) is 3.14. The SMILES string of the molecule is CC(C)c1ocnc1C(=O)OC1CCC2CCCCC2C1. The van der Waals surface area contributed by atoms with Crippen LogP contribution in [-0.4, -0.2) is 17.1 Å². The first-order valence-corrected chi connectivity index (χ1v) is 8.29. The molecule has 21 heavy (non-hydrogen) atoms. The lowest BCUT2D eigenvalue weighted by Gasteiger charge is -2.38. The van der Waals surface area contributed by atoms with E-state index in [1.54, 1.807) is 0 Å². The summed E-state index contributed by atoms with van der Waals surface area (Å²) in [6.07, 6.45) is 10.0. The molecule has 3 unspecified atom stereocenters. The molecule has 3 atom stereocenters. The third-order valence-corrected chi connectivity index (χ3v) is 5.08. The first-order chi connectivity index (χ1) is 10.1.